The van der Waals surface area contributed by atoms with Gasteiger partial charge in [0, 0.05) is 19.1 Å². The first-order valence-corrected chi connectivity index (χ1v) is 7.10. The van der Waals surface area contributed by atoms with Crippen LogP contribution in [0.1, 0.15) is 25.8 Å². The molecule has 1 aromatic carbocycles. The average molecular weight is 273 g/mol. The fourth-order valence-electron chi connectivity index (χ4n) is 3.64. The number of ether oxygens (including phenoxy) is 1. The summed E-state index contributed by atoms with van der Waals surface area (Å²) in [6, 6.07) is 10.2. The Morgan fingerprint density at radius 1 is 1.30 bits per heavy atom. The van der Waals surface area contributed by atoms with Gasteiger partial charge >= 0.3 is 11.9 Å². The predicted octanol–water partition coefficient (Wildman–Crippen LogP) is 1.99. The molecule has 2 aliphatic heterocycles. The Morgan fingerprint density at radius 2 is 2.00 bits per heavy atom. The second-order valence-corrected chi connectivity index (χ2v) is 5.97. The van der Waals surface area contributed by atoms with Crippen LogP contribution in [0.15, 0.2) is 30.3 Å². The summed E-state index contributed by atoms with van der Waals surface area (Å²) in [5, 5.41) is 0. The maximum atomic E-state index is 12.0. The van der Waals surface area contributed by atoms with Crippen LogP contribution in [0.5, 0.6) is 0 Å². The van der Waals surface area contributed by atoms with E-state index in [2.05, 4.69) is 24.0 Å². The minimum absolute atomic E-state index is 0.0826. The zero-order valence-corrected chi connectivity index (χ0v) is 11.8. The third-order valence-electron chi connectivity index (χ3n) is 4.63. The fourth-order valence-corrected chi connectivity index (χ4v) is 3.64. The molecular weight excluding hydrogens is 254 g/mol. The van der Waals surface area contributed by atoms with E-state index in [1.54, 1.807) is 0 Å². The standard InChI is InChI=1S/C16H19NO3/c1-3-12-13-14(18)20-15(19)16(13,2)10-17(12)9-11-7-5-4-6-8-11/h4-8,12-13H,3,9-10H2,1-2H3/t12?,13-,16-/m0/s1. The first-order chi connectivity index (χ1) is 9.56. The average Bonchev–Trinajstić information content (AvgIpc) is 2.83. The molecule has 0 spiro atoms. The summed E-state index contributed by atoms with van der Waals surface area (Å²) in [5.74, 6) is -1.02. The van der Waals surface area contributed by atoms with E-state index >= 15 is 0 Å². The van der Waals surface area contributed by atoms with Gasteiger partial charge in [0.05, 0.1) is 11.3 Å². The lowest BCUT2D eigenvalue weighted by atomic mass is 9.78. The largest absolute Gasteiger partial charge is 0.392 e. The van der Waals surface area contributed by atoms with Crippen molar-refractivity contribution in [2.24, 2.45) is 11.3 Å². The van der Waals surface area contributed by atoms with E-state index in [9.17, 15) is 9.59 Å². The number of carbonyl (C=O) groups excluding carboxylic acids is 2. The number of hydrogen-bond acceptors (Lipinski definition) is 4. The Bertz CT molecular complexity index is 542. The molecule has 2 fully saturated rings. The molecule has 4 heteroatoms. The SMILES string of the molecule is CCC1[C@H]2C(=O)OC(=O)[C@@]2(C)CN1Cc1ccccc1. The van der Waals surface area contributed by atoms with Crippen LogP contribution >= 0.6 is 0 Å². The summed E-state index contributed by atoms with van der Waals surface area (Å²) in [4.78, 5) is 26.2. The van der Waals surface area contributed by atoms with Crippen LogP contribution in [0.25, 0.3) is 0 Å². The van der Waals surface area contributed by atoms with E-state index in [-0.39, 0.29) is 23.9 Å². The van der Waals surface area contributed by atoms with Crippen LogP contribution < -0.4 is 0 Å². The molecule has 106 valence electrons. The maximum absolute atomic E-state index is 12.0. The minimum Gasteiger partial charge on any atom is -0.392 e. The molecule has 2 saturated heterocycles. The van der Waals surface area contributed by atoms with E-state index in [0.717, 1.165) is 13.0 Å². The number of carbonyl (C=O) groups is 2. The van der Waals surface area contributed by atoms with E-state index in [1.165, 1.54) is 5.56 Å². The molecule has 3 rings (SSSR count). The van der Waals surface area contributed by atoms with E-state index in [4.69, 9.17) is 4.74 Å². The summed E-state index contributed by atoms with van der Waals surface area (Å²) >= 11 is 0. The molecule has 0 amide bonds. The molecule has 20 heavy (non-hydrogen) atoms. The minimum atomic E-state index is -0.674. The highest BCUT2D eigenvalue weighted by Gasteiger charge is 2.63. The van der Waals surface area contributed by atoms with Gasteiger partial charge in [-0.2, -0.15) is 0 Å². The summed E-state index contributed by atoms with van der Waals surface area (Å²) < 4.78 is 4.86. The van der Waals surface area contributed by atoms with Crippen molar-refractivity contribution in [3.8, 4) is 0 Å². The summed E-state index contributed by atoms with van der Waals surface area (Å²) in [7, 11) is 0. The molecule has 0 aliphatic carbocycles. The number of cyclic esters (lactones) is 2. The molecule has 0 radical (unpaired) electrons. The van der Waals surface area contributed by atoms with E-state index in [1.807, 2.05) is 25.1 Å². The molecular formula is C16H19NO3. The van der Waals surface area contributed by atoms with Crippen molar-refractivity contribution in [1.82, 2.24) is 4.90 Å². The highest BCUT2D eigenvalue weighted by molar-refractivity contribution is 6.00. The van der Waals surface area contributed by atoms with Gasteiger partial charge in [-0.3, -0.25) is 14.5 Å². The lowest BCUT2D eigenvalue weighted by Crippen LogP contribution is -2.34. The first kappa shape index (κ1) is 13.3. The van der Waals surface area contributed by atoms with Crippen LogP contribution in [0, 0.1) is 11.3 Å². The van der Waals surface area contributed by atoms with Gasteiger partial charge in [0.25, 0.3) is 0 Å². The van der Waals surface area contributed by atoms with Crippen molar-refractivity contribution >= 4 is 11.9 Å². The van der Waals surface area contributed by atoms with E-state index in [0.29, 0.717) is 6.54 Å². The highest BCUT2D eigenvalue weighted by atomic mass is 16.6. The maximum Gasteiger partial charge on any atom is 0.321 e. The number of hydrogen-bond donors (Lipinski definition) is 0. The molecule has 2 aliphatic rings. The van der Waals surface area contributed by atoms with Crippen LogP contribution in [-0.2, 0) is 20.9 Å². The summed E-state index contributed by atoms with van der Waals surface area (Å²) in [6.45, 7) is 5.28. The van der Waals surface area contributed by atoms with Gasteiger partial charge in [0.1, 0.15) is 0 Å². The Balaban J connectivity index is 1.87. The number of benzene rings is 1. The normalized spacial score (nSPS) is 33.3. The quantitative estimate of drug-likeness (QED) is 0.624. The van der Waals surface area contributed by atoms with Crippen molar-refractivity contribution in [2.75, 3.05) is 6.54 Å². The predicted molar refractivity (Wildman–Crippen MR) is 73.6 cm³/mol. The summed E-state index contributed by atoms with van der Waals surface area (Å²) in [5.41, 5.74) is 0.530. The van der Waals surface area contributed by atoms with Gasteiger partial charge in [0.15, 0.2) is 0 Å². The van der Waals surface area contributed by atoms with Gasteiger partial charge in [-0.25, -0.2) is 0 Å². The zero-order chi connectivity index (χ0) is 14.3. The number of likely N-dealkylation sites (tertiary alicyclic amines) is 1. The summed E-state index contributed by atoms with van der Waals surface area (Å²) in [6.07, 6.45) is 0.843. The lowest BCUT2D eigenvalue weighted by Gasteiger charge is -2.25. The van der Waals surface area contributed by atoms with Gasteiger partial charge in [0.2, 0.25) is 0 Å². The lowest BCUT2D eigenvalue weighted by molar-refractivity contribution is -0.156. The third-order valence-corrected chi connectivity index (χ3v) is 4.63. The number of esters is 2. The molecule has 2 heterocycles. The second kappa shape index (κ2) is 4.70. The molecule has 1 unspecified atom stereocenters. The van der Waals surface area contributed by atoms with Crippen molar-refractivity contribution in [3.05, 3.63) is 35.9 Å². The number of fused-ring (bicyclic) bond motifs is 1. The molecule has 0 saturated carbocycles. The Kier molecular flexibility index (Phi) is 3.13. The Hall–Kier alpha value is -1.68. The molecule has 0 N–H and O–H groups in total. The topological polar surface area (TPSA) is 46.6 Å². The van der Waals surface area contributed by atoms with Crippen LogP contribution in [-0.4, -0.2) is 29.4 Å². The molecule has 3 atom stereocenters. The zero-order valence-electron chi connectivity index (χ0n) is 11.8. The number of rotatable bonds is 3. The van der Waals surface area contributed by atoms with Crippen molar-refractivity contribution < 1.29 is 14.3 Å². The molecule has 0 bridgehead atoms. The molecule has 1 aromatic rings. The van der Waals surface area contributed by atoms with Gasteiger partial charge in [-0.1, -0.05) is 37.3 Å². The molecule has 4 nitrogen and oxygen atoms in total. The third kappa shape index (κ3) is 1.86. The van der Waals surface area contributed by atoms with Crippen LogP contribution in [0.2, 0.25) is 0 Å². The Labute approximate surface area is 118 Å². The second-order valence-electron chi connectivity index (χ2n) is 5.97. The van der Waals surface area contributed by atoms with Crippen molar-refractivity contribution in [3.63, 3.8) is 0 Å². The van der Waals surface area contributed by atoms with Gasteiger partial charge < -0.3 is 4.74 Å². The fraction of sp³-hybridized carbons (Fsp3) is 0.500. The Morgan fingerprint density at radius 3 is 2.65 bits per heavy atom. The van der Waals surface area contributed by atoms with Crippen molar-refractivity contribution in [1.29, 1.82) is 0 Å². The van der Waals surface area contributed by atoms with Crippen LogP contribution in [0.4, 0.5) is 0 Å². The van der Waals surface area contributed by atoms with Crippen LogP contribution in [0.3, 0.4) is 0 Å². The first-order valence-electron chi connectivity index (χ1n) is 7.10. The van der Waals surface area contributed by atoms with Gasteiger partial charge in [-0.05, 0) is 18.9 Å². The number of nitrogens with zero attached hydrogens (tertiary/aromatic N) is 1. The van der Waals surface area contributed by atoms with Gasteiger partial charge in [-0.15, -0.1) is 0 Å². The monoisotopic (exact) mass is 273 g/mol. The smallest absolute Gasteiger partial charge is 0.321 e. The van der Waals surface area contributed by atoms with E-state index < -0.39 is 5.41 Å². The van der Waals surface area contributed by atoms with Crippen molar-refractivity contribution in [2.45, 2.75) is 32.9 Å². The highest BCUT2D eigenvalue weighted by Crippen LogP contribution is 2.47. The molecule has 0 aromatic heterocycles.